The summed E-state index contributed by atoms with van der Waals surface area (Å²) in [5.41, 5.74) is 1.55. The molecule has 2 fully saturated rings. The average molecular weight is 371 g/mol. The Morgan fingerprint density at radius 1 is 0.963 bits per heavy atom. The van der Waals surface area contributed by atoms with Crippen molar-refractivity contribution in [3.8, 4) is 0 Å². The topological polar surface area (TPSA) is 78.5 Å². The van der Waals surface area contributed by atoms with E-state index in [4.69, 9.17) is 0 Å². The highest BCUT2D eigenvalue weighted by molar-refractivity contribution is 5.94. The largest absolute Gasteiger partial charge is 0.350 e. The van der Waals surface area contributed by atoms with Crippen LogP contribution in [-0.2, 0) is 16.1 Å². The second-order valence-corrected chi connectivity index (χ2v) is 7.53. The Morgan fingerprint density at radius 3 is 2.44 bits per heavy atom. The first-order chi connectivity index (χ1) is 13.1. The fraction of sp³-hybridized carbons (Fsp3) is 0.571. The van der Waals surface area contributed by atoms with E-state index >= 15 is 0 Å². The number of likely N-dealkylation sites (tertiary alicyclic amines) is 1. The number of piperidine rings is 1. The summed E-state index contributed by atoms with van der Waals surface area (Å²) < 4.78 is 0. The van der Waals surface area contributed by atoms with Crippen LogP contribution >= 0.6 is 0 Å². The number of hydrogen-bond donors (Lipinski definition) is 2. The number of carbonyl (C=O) groups is 3. The molecule has 1 heterocycles. The Morgan fingerprint density at radius 2 is 1.70 bits per heavy atom. The Balaban J connectivity index is 1.45. The third-order valence-electron chi connectivity index (χ3n) is 5.46. The highest BCUT2D eigenvalue weighted by Crippen LogP contribution is 2.24. The van der Waals surface area contributed by atoms with Crippen molar-refractivity contribution in [3.05, 3.63) is 35.4 Å². The van der Waals surface area contributed by atoms with Gasteiger partial charge in [0.1, 0.15) is 0 Å². The van der Waals surface area contributed by atoms with Crippen LogP contribution in [0, 0.1) is 5.92 Å². The van der Waals surface area contributed by atoms with Crippen molar-refractivity contribution in [2.45, 2.75) is 51.5 Å². The lowest BCUT2D eigenvalue weighted by Crippen LogP contribution is -2.39. The van der Waals surface area contributed by atoms with Gasteiger partial charge in [0.25, 0.3) is 5.91 Å². The maximum absolute atomic E-state index is 12.6. The molecule has 1 aromatic carbocycles. The van der Waals surface area contributed by atoms with Crippen LogP contribution in [0.1, 0.15) is 60.9 Å². The van der Waals surface area contributed by atoms with Crippen LogP contribution in [0.25, 0.3) is 0 Å². The van der Waals surface area contributed by atoms with Crippen molar-refractivity contribution in [2.24, 2.45) is 5.92 Å². The van der Waals surface area contributed by atoms with Gasteiger partial charge in [-0.1, -0.05) is 25.0 Å². The number of nitrogens with one attached hydrogen (secondary N) is 2. The van der Waals surface area contributed by atoms with Crippen LogP contribution in [0.5, 0.6) is 0 Å². The van der Waals surface area contributed by atoms with Crippen LogP contribution in [-0.4, -0.2) is 42.3 Å². The third kappa shape index (κ3) is 5.55. The molecule has 3 rings (SSSR count). The maximum atomic E-state index is 12.6. The van der Waals surface area contributed by atoms with Crippen LogP contribution in [0.3, 0.4) is 0 Å². The van der Waals surface area contributed by atoms with Gasteiger partial charge in [0.15, 0.2) is 0 Å². The van der Waals surface area contributed by atoms with Crippen molar-refractivity contribution in [1.29, 1.82) is 0 Å². The van der Waals surface area contributed by atoms with Gasteiger partial charge in [-0.2, -0.15) is 0 Å². The molecule has 0 atom stereocenters. The predicted octanol–water partition coefficient (Wildman–Crippen LogP) is 2.24. The monoisotopic (exact) mass is 371 g/mol. The minimum Gasteiger partial charge on any atom is -0.350 e. The van der Waals surface area contributed by atoms with Gasteiger partial charge in [0.05, 0.1) is 6.54 Å². The van der Waals surface area contributed by atoms with Crippen molar-refractivity contribution < 1.29 is 14.4 Å². The van der Waals surface area contributed by atoms with Gasteiger partial charge < -0.3 is 15.5 Å². The zero-order chi connectivity index (χ0) is 19.1. The third-order valence-corrected chi connectivity index (χ3v) is 5.46. The summed E-state index contributed by atoms with van der Waals surface area (Å²) in [6.07, 6.45) is 7.35. The summed E-state index contributed by atoms with van der Waals surface area (Å²) in [4.78, 5) is 38.4. The van der Waals surface area contributed by atoms with E-state index in [1.807, 2.05) is 29.2 Å². The normalized spacial score (nSPS) is 17.6. The first kappa shape index (κ1) is 19.4. The van der Waals surface area contributed by atoms with E-state index < -0.39 is 0 Å². The molecular weight excluding hydrogens is 342 g/mol. The fourth-order valence-corrected chi connectivity index (χ4v) is 3.86. The fourth-order valence-electron chi connectivity index (χ4n) is 3.86. The second-order valence-electron chi connectivity index (χ2n) is 7.53. The van der Waals surface area contributed by atoms with E-state index in [9.17, 15) is 14.4 Å². The Bertz CT molecular complexity index is 677. The van der Waals surface area contributed by atoms with Crippen molar-refractivity contribution >= 4 is 17.7 Å². The summed E-state index contributed by atoms with van der Waals surface area (Å²) in [5, 5.41) is 5.53. The number of amides is 3. The summed E-state index contributed by atoms with van der Waals surface area (Å²) in [7, 11) is 0. The lowest BCUT2D eigenvalue weighted by Gasteiger charge is -2.26. The maximum Gasteiger partial charge on any atom is 0.253 e. The minimum atomic E-state index is -0.214. The van der Waals surface area contributed by atoms with Crippen molar-refractivity contribution in [3.63, 3.8) is 0 Å². The standard InChI is InChI=1S/C21H29N3O3/c25-19(15-23-20(26)17-8-2-3-9-17)22-14-16-7-6-10-18(13-16)21(27)24-11-4-1-5-12-24/h6-7,10,13,17H,1-5,8-9,11-12,14-15H2,(H,22,25)(H,23,26). The zero-order valence-electron chi connectivity index (χ0n) is 15.8. The lowest BCUT2D eigenvalue weighted by molar-refractivity contribution is -0.128. The van der Waals surface area contributed by atoms with E-state index in [0.717, 1.165) is 57.2 Å². The van der Waals surface area contributed by atoms with Crippen LogP contribution in [0.4, 0.5) is 0 Å². The number of carbonyl (C=O) groups excluding carboxylic acids is 3. The smallest absolute Gasteiger partial charge is 0.253 e. The molecule has 0 bridgehead atoms. The molecule has 0 spiro atoms. The van der Waals surface area contributed by atoms with Crippen LogP contribution in [0.15, 0.2) is 24.3 Å². The molecule has 1 aliphatic carbocycles. The van der Waals surface area contributed by atoms with Gasteiger partial charge in [0.2, 0.25) is 11.8 Å². The summed E-state index contributed by atoms with van der Waals surface area (Å²) in [5.74, 6) is -0.104. The molecule has 1 saturated heterocycles. The van der Waals surface area contributed by atoms with Gasteiger partial charge in [-0.05, 0) is 49.8 Å². The molecule has 1 aromatic rings. The van der Waals surface area contributed by atoms with Crippen molar-refractivity contribution in [1.82, 2.24) is 15.5 Å². The number of nitrogens with zero attached hydrogens (tertiary/aromatic N) is 1. The summed E-state index contributed by atoms with van der Waals surface area (Å²) >= 11 is 0. The quantitative estimate of drug-likeness (QED) is 0.805. The molecular formula is C21H29N3O3. The number of rotatable bonds is 6. The van der Waals surface area contributed by atoms with E-state index in [0.29, 0.717) is 12.1 Å². The molecule has 27 heavy (non-hydrogen) atoms. The average Bonchev–Trinajstić information content (AvgIpc) is 3.26. The molecule has 3 amide bonds. The Kier molecular flexibility index (Phi) is 6.85. The van der Waals surface area contributed by atoms with Crippen LogP contribution in [0.2, 0.25) is 0 Å². The summed E-state index contributed by atoms with van der Waals surface area (Å²) in [6, 6.07) is 7.41. The molecule has 2 aliphatic rings. The van der Waals surface area contributed by atoms with Crippen molar-refractivity contribution in [2.75, 3.05) is 19.6 Å². The van der Waals surface area contributed by atoms with E-state index in [2.05, 4.69) is 10.6 Å². The number of benzene rings is 1. The molecule has 0 unspecified atom stereocenters. The highest BCUT2D eigenvalue weighted by atomic mass is 16.2. The lowest BCUT2D eigenvalue weighted by atomic mass is 10.1. The molecule has 2 N–H and O–H groups in total. The predicted molar refractivity (Wildman–Crippen MR) is 103 cm³/mol. The Hall–Kier alpha value is -2.37. The molecule has 6 nitrogen and oxygen atoms in total. The van der Waals surface area contributed by atoms with Gasteiger partial charge in [-0.15, -0.1) is 0 Å². The first-order valence-electron chi connectivity index (χ1n) is 10.1. The summed E-state index contributed by atoms with van der Waals surface area (Å²) in [6.45, 7) is 1.99. The Labute approximate surface area is 160 Å². The molecule has 1 aliphatic heterocycles. The molecule has 0 radical (unpaired) electrons. The van der Waals surface area contributed by atoms with Gasteiger partial charge in [-0.3, -0.25) is 14.4 Å². The molecule has 0 aromatic heterocycles. The molecule has 146 valence electrons. The van der Waals surface area contributed by atoms with E-state index in [1.54, 1.807) is 0 Å². The zero-order valence-corrected chi connectivity index (χ0v) is 15.8. The SMILES string of the molecule is O=C(CNC(=O)C1CCCC1)NCc1cccc(C(=O)N2CCCCC2)c1. The molecule has 6 heteroatoms. The van der Waals surface area contributed by atoms with E-state index in [1.165, 1.54) is 6.42 Å². The molecule has 1 saturated carbocycles. The van der Waals surface area contributed by atoms with E-state index in [-0.39, 0.29) is 30.2 Å². The minimum absolute atomic E-state index is 0.00172. The second kappa shape index (κ2) is 9.53. The first-order valence-corrected chi connectivity index (χ1v) is 10.1. The van der Waals surface area contributed by atoms with Gasteiger partial charge in [0, 0.05) is 31.1 Å². The van der Waals surface area contributed by atoms with Gasteiger partial charge in [-0.25, -0.2) is 0 Å². The van der Waals surface area contributed by atoms with Crippen LogP contribution < -0.4 is 10.6 Å². The highest BCUT2D eigenvalue weighted by Gasteiger charge is 2.22. The number of hydrogen-bond acceptors (Lipinski definition) is 3. The van der Waals surface area contributed by atoms with Gasteiger partial charge >= 0.3 is 0 Å².